The van der Waals surface area contributed by atoms with Crippen LogP contribution in [0.5, 0.6) is 0 Å². The highest BCUT2D eigenvalue weighted by Crippen LogP contribution is 2.38. The molecular formula is C29H30ClF4N3O4S. The van der Waals surface area contributed by atoms with Crippen LogP contribution in [-0.2, 0) is 32.3 Å². The van der Waals surface area contributed by atoms with E-state index in [0.717, 1.165) is 28.7 Å². The number of aryl methyl sites for hydroxylation is 1. The Hall–Kier alpha value is -3.64. The number of benzene rings is 3. The van der Waals surface area contributed by atoms with Crippen molar-refractivity contribution in [3.8, 4) is 0 Å². The summed E-state index contributed by atoms with van der Waals surface area (Å²) in [6.07, 6.45) is -4.92. The number of sulfonamides is 1. The van der Waals surface area contributed by atoms with Crippen molar-refractivity contribution in [3.05, 3.63) is 94.3 Å². The van der Waals surface area contributed by atoms with Crippen molar-refractivity contribution in [1.82, 2.24) is 10.2 Å². The molecule has 0 fully saturated rings. The number of anilines is 1. The average Bonchev–Trinajstić information content (AvgIpc) is 2.90. The maximum atomic E-state index is 14.6. The molecule has 226 valence electrons. The zero-order chi connectivity index (χ0) is 31.4. The molecule has 0 aliphatic heterocycles. The quantitative estimate of drug-likeness (QED) is 0.282. The van der Waals surface area contributed by atoms with E-state index in [1.54, 1.807) is 20.8 Å². The summed E-state index contributed by atoms with van der Waals surface area (Å²) in [7, 11) is -4.62. The SMILES string of the molecule is Cc1ccc(S(=O)(=O)N(CC(=O)N(Cc2ccccc2F)C(C)C(=O)NC(C)C)c2ccc(Cl)c(C(F)(F)F)c2)cc1. The first kappa shape index (κ1) is 32.9. The number of nitrogens with zero attached hydrogens (tertiary/aromatic N) is 2. The van der Waals surface area contributed by atoms with Crippen LogP contribution in [0, 0.1) is 12.7 Å². The lowest BCUT2D eigenvalue weighted by atomic mass is 10.1. The van der Waals surface area contributed by atoms with Crippen LogP contribution in [0.2, 0.25) is 5.02 Å². The molecule has 1 atom stereocenters. The second-order valence-electron chi connectivity index (χ2n) is 9.94. The highest BCUT2D eigenvalue weighted by Gasteiger charge is 2.37. The van der Waals surface area contributed by atoms with E-state index in [4.69, 9.17) is 11.6 Å². The molecule has 1 N–H and O–H groups in total. The van der Waals surface area contributed by atoms with Gasteiger partial charge in [-0.25, -0.2) is 12.8 Å². The molecule has 3 rings (SSSR count). The third kappa shape index (κ3) is 7.80. The zero-order valence-corrected chi connectivity index (χ0v) is 24.8. The van der Waals surface area contributed by atoms with Gasteiger partial charge in [0.15, 0.2) is 0 Å². The summed E-state index contributed by atoms with van der Waals surface area (Å²) in [4.78, 5) is 27.4. The molecule has 0 saturated heterocycles. The molecular weight excluding hydrogens is 598 g/mol. The highest BCUT2D eigenvalue weighted by molar-refractivity contribution is 7.92. The summed E-state index contributed by atoms with van der Waals surface area (Å²) in [6.45, 7) is 5.09. The molecule has 0 radical (unpaired) electrons. The van der Waals surface area contributed by atoms with Crippen LogP contribution in [0.3, 0.4) is 0 Å². The minimum atomic E-state index is -4.92. The molecule has 0 spiro atoms. The zero-order valence-electron chi connectivity index (χ0n) is 23.2. The van der Waals surface area contributed by atoms with Gasteiger partial charge in [-0.2, -0.15) is 13.2 Å². The van der Waals surface area contributed by atoms with Gasteiger partial charge in [0.2, 0.25) is 11.8 Å². The van der Waals surface area contributed by atoms with Gasteiger partial charge in [-0.15, -0.1) is 0 Å². The number of carbonyl (C=O) groups is 2. The van der Waals surface area contributed by atoms with Crippen LogP contribution in [0.15, 0.2) is 71.6 Å². The molecule has 3 aromatic rings. The standard InChI is InChI=1S/C29H30ClF4N3O4S/c1-18(2)35-28(39)20(4)36(16-21-7-5-6-8-26(21)31)27(38)17-37(42(40,41)23-12-9-19(3)10-13-23)22-11-14-25(30)24(15-22)29(32,33)34/h5-15,18,20H,16-17H2,1-4H3,(H,35,39). The Balaban J connectivity index is 2.14. The number of alkyl halides is 3. The van der Waals surface area contributed by atoms with E-state index in [0.29, 0.717) is 10.4 Å². The Morgan fingerprint density at radius 1 is 0.976 bits per heavy atom. The van der Waals surface area contributed by atoms with Gasteiger partial charge in [-0.1, -0.05) is 47.5 Å². The predicted octanol–water partition coefficient (Wildman–Crippen LogP) is 5.94. The summed E-state index contributed by atoms with van der Waals surface area (Å²) in [6, 6.07) is 12.0. The van der Waals surface area contributed by atoms with E-state index in [9.17, 15) is 35.6 Å². The lowest BCUT2D eigenvalue weighted by molar-refractivity contribution is -0.139. The number of nitrogens with one attached hydrogen (secondary N) is 1. The fraction of sp³-hybridized carbons (Fsp3) is 0.310. The van der Waals surface area contributed by atoms with E-state index in [2.05, 4.69) is 5.32 Å². The molecule has 3 aromatic carbocycles. The largest absolute Gasteiger partial charge is 0.417 e. The molecule has 0 heterocycles. The van der Waals surface area contributed by atoms with Crippen molar-refractivity contribution < 1.29 is 35.6 Å². The fourth-order valence-corrected chi connectivity index (χ4v) is 5.68. The predicted molar refractivity (Wildman–Crippen MR) is 152 cm³/mol. The summed E-state index contributed by atoms with van der Waals surface area (Å²) in [5.74, 6) is -2.21. The van der Waals surface area contributed by atoms with E-state index in [1.807, 2.05) is 0 Å². The molecule has 1 unspecified atom stereocenters. The third-order valence-electron chi connectivity index (χ3n) is 6.33. The first-order valence-electron chi connectivity index (χ1n) is 12.8. The lowest BCUT2D eigenvalue weighted by Gasteiger charge is -2.32. The normalized spacial score (nSPS) is 12.6. The van der Waals surface area contributed by atoms with Crippen LogP contribution in [-0.4, -0.2) is 43.8 Å². The van der Waals surface area contributed by atoms with Gasteiger partial charge < -0.3 is 10.2 Å². The van der Waals surface area contributed by atoms with Crippen molar-refractivity contribution in [3.63, 3.8) is 0 Å². The Morgan fingerprint density at radius 3 is 2.17 bits per heavy atom. The van der Waals surface area contributed by atoms with Crippen molar-refractivity contribution in [2.75, 3.05) is 10.8 Å². The molecule has 0 aromatic heterocycles. The second kappa shape index (κ2) is 13.1. The fourth-order valence-electron chi connectivity index (χ4n) is 4.05. The monoisotopic (exact) mass is 627 g/mol. The van der Waals surface area contributed by atoms with Crippen LogP contribution in [0.4, 0.5) is 23.2 Å². The van der Waals surface area contributed by atoms with Crippen molar-refractivity contribution in [2.24, 2.45) is 0 Å². The van der Waals surface area contributed by atoms with E-state index >= 15 is 0 Å². The van der Waals surface area contributed by atoms with E-state index in [1.165, 1.54) is 49.4 Å². The van der Waals surface area contributed by atoms with Crippen molar-refractivity contribution in [2.45, 2.75) is 57.4 Å². The smallest absolute Gasteiger partial charge is 0.352 e. The van der Waals surface area contributed by atoms with E-state index in [-0.39, 0.29) is 16.5 Å². The van der Waals surface area contributed by atoms with Gasteiger partial charge in [0.05, 0.1) is 21.2 Å². The number of amides is 2. The third-order valence-corrected chi connectivity index (χ3v) is 8.45. The Bertz CT molecular complexity index is 1550. The maximum Gasteiger partial charge on any atom is 0.417 e. The first-order valence-corrected chi connectivity index (χ1v) is 14.6. The molecule has 13 heteroatoms. The number of hydrogen-bond acceptors (Lipinski definition) is 4. The molecule has 2 amide bonds. The molecule has 0 saturated carbocycles. The summed E-state index contributed by atoms with van der Waals surface area (Å²) in [5, 5.41) is 2.00. The Labute approximate surface area is 247 Å². The Kier molecular flexibility index (Phi) is 10.3. The number of carbonyl (C=O) groups excluding carboxylic acids is 2. The molecule has 0 aliphatic rings. The van der Waals surface area contributed by atoms with Gasteiger partial charge in [0.25, 0.3) is 10.0 Å². The van der Waals surface area contributed by atoms with Crippen molar-refractivity contribution in [1.29, 1.82) is 0 Å². The molecule has 7 nitrogen and oxygen atoms in total. The van der Waals surface area contributed by atoms with Gasteiger partial charge in [0, 0.05) is 18.2 Å². The van der Waals surface area contributed by atoms with E-state index < -0.39 is 69.2 Å². The van der Waals surface area contributed by atoms with Gasteiger partial charge in [0.1, 0.15) is 18.4 Å². The number of hydrogen-bond donors (Lipinski definition) is 1. The molecule has 42 heavy (non-hydrogen) atoms. The van der Waals surface area contributed by atoms with Crippen LogP contribution < -0.4 is 9.62 Å². The van der Waals surface area contributed by atoms with Crippen LogP contribution in [0.25, 0.3) is 0 Å². The highest BCUT2D eigenvalue weighted by atomic mass is 35.5. The number of rotatable bonds is 10. The Morgan fingerprint density at radius 2 is 1.60 bits per heavy atom. The van der Waals surface area contributed by atoms with Crippen LogP contribution in [0.1, 0.15) is 37.5 Å². The minimum Gasteiger partial charge on any atom is -0.352 e. The van der Waals surface area contributed by atoms with Gasteiger partial charge >= 0.3 is 6.18 Å². The second-order valence-corrected chi connectivity index (χ2v) is 12.2. The topological polar surface area (TPSA) is 86.8 Å². The number of halogens is 5. The lowest BCUT2D eigenvalue weighted by Crippen LogP contribution is -2.52. The summed E-state index contributed by atoms with van der Waals surface area (Å²) >= 11 is 5.77. The molecule has 0 bridgehead atoms. The average molecular weight is 628 g/mol. The van der Waals surface area contributed by atoms with Gasteiger partial charge in [-0.05, 0) is 64.1 Å². The minimum absolute atomic E-state index is 0.0499. The first-order chi connectivity index (χ1) is 19.5. The molecule has 0 aliphatic carbocycles. The van der Waals surface area contributed by atoms with Crippen molar-refractivity contribution >= 4 is 39.1 Å². The summed E-state index contributed by atoms with van der Waals surface area (Å²) < 4.78 is 83.9. The maximum absolute atomic E-state index is 14.6. The van der Waals surface area contributed by atoms with Crippen LogP contribution >= 0.6 is 11.6 Å². The van der Waals surface area contributed by atoms with Gasteiger partial charge in [-0.3, -0.25) is 13.9 Å². The summed E-state index contributed by atoms with van der Waals surface area (Å²) in [5.41, 5.74) is -1.01.